The summed E-state index contributed by atoms with van der Waals surface area (Å²) < 4.78 is 6.26. The first kappa shape index (κ1) is 16.5. The molecule has 0 bridgehead atoms. The lowest BCUT2D eigenvalue weighted by atomic mass is 9.86. The molecule has 0 aromatic heterocycles. The van der Waals surface area contributed by atoms with E-state index >= 15 is 0 Å². The second-order valence-electron chi connectivity index (χ2n) is 5.85. The topological polar surface area (TPSA) is 29.5 Å². The molecule has 0 saturated carbocycles. The number of fused-ring (bicyclic) bond motifs is 1. The summed E-state index contributed by atoms with van der Waals surface area (Å²) in [7, 11) is 1.64. The minimum atomic E-state index is -0.585. The number of halogens is 2. The minimum Gasteiger partial charge on any atom is -0.496 e. The van der Waals surface area contributed by atoms with E-state index in [9.17, 15) is 4.79 Å². The van der Waals surface area contributed by atoms with E-state index in [1.807, 2.05) is 54.3 Å². The molecule has 23 heavy (non-hydrogen) atoms. The summed E-state index contributed by atoms with van der Waals surface area (Å²) in [6.45, 7) is 2.54. The number of anilines is 1. The zero-order valence-corrected chi connectivity index (χ0v) is 16.1. The Kier molecular flexibility index (Phi) is 4.52. The van der Waals surface area contributed by atoms with Crippen LogP contribution in [-0.4, -0.2) is 18.3 Å². The van der Waals surface area contributed by atoms with Gasteiger partial charge in [0.1, 0.15) is 5.75 Å². The molecule has 1 aliphatic rings. The van der Waals surface area contributed by atoms with Gasteiger partial charge in [-0.15, -0.1) is 0 Å². The molecular weight excluding hydrogens is 422 g/mol. The molecule has 1 atom stereocenters. The average Bonchev–Trinajstić information content (AvgIpc) is 2.77. The van der Waals surface area contributed by atoms with Crippen LogP contribution in [0.1, 0.15) is 18.1 Å². The summed E-state index contributed by atoms with van der Waals surface area (Å²) >= 11 is 7.05. The van der Waals surface area contributed by atoms with E-state index in [4.69, 9.17) is 4.74 Å². The number of rotatable bonds is 4. The monoisotopic (exact) mass is 437 g/mol. The molecule has 1 aliphatic heterocycles. The number of amides is 1. The number of nitrogens with zero attached hydrogens (tertiary/aromatic N) is 1. The highest BCUT2D eigenvalue weighted by atomic mass is 79.9. The Morgan fingerprint density at radius 1 is 1.22 bits per heavy atom. The summed E-state index contributed by atoms with van der Waals surface area (Å²) in [4.78, 5) is 14.9. The van der Waals surface area contributed by atoms with Gasteiger partial charge >= 0.3 is 0 Å². The number of alkyl halides is 1. The fourth-order valence-corrected chi connectivity index (χ4v) is 3.97. The predicted octanol–water partition coefficient (Wildman–Crippen LogP) is 4.66. The molecule has 0 N–H and O–H groups in total. The molecule has 120 valence electrons. The third-order valence-electron chi connectivity index (χ3n) is 4.32. The van der Waals surface area contributed by atoms with E-state index in [0.717, 1.165) is 27.0 Å². The Morgan fingerprint density at radius 3 is 2.52 bits per heavy atom. The molecule has 1 unspecified atom stereocenters. The number of benzene rings is 2. The quantitative estimate of drug-likeness (QED) is 0.649. The average molecular weight is 439 g/mol. The largest absolute Gasteiger partial charge is 0.496 e. The normalized spacial score (nSPS) is 19.8. The Bertz CT molecular complexity index is 748. The molecular formula is C18H17Br2NO2. The summed E-state index contributed by atoms with van der Waals surface area (Å²) in [6, 6.07) is 14.0. The van der Waals surface area contributed by atoms with Crippen LogP contribution >= 0.6 is 31.9 Å². The number of ether oxygens (including phenoxy) is 1. The highest BCUT2D eigenvalue weighted by molar-refractivity contribution is 9.10. The van der Waals surface area contributed by atoms with Crippen molar-refractivity contribution >= 4 is 43.5 Å². The first-order valence-electron chi connectivity index (χ1n) is 7.31. The second-order valence-corrected chi connectivity index (χ2v) is 7.26. The number of hydrogen-bond donors (Lipinski definition) is 0. The summed E-state index contributed by atoms with van der Waals surface area (Å²) in [5.41, 5.74) is 2.46. The van der Waals surface area contributed by atoms with Gasteiger partial charge in [0.2, 0.25) is 5.91 Å². The van der Waals surface area contributed by atoms with Crippen LogP contribution in [0.3, 0.4) is 0 Å². The molecule has 2 aromatic rings. The van der Waals surface area contributed by atoms with Crippen LogP contribution in [0.15, 0.2) is 46.9 Å². The third-order valence-corrected chi connectivity index (χ3v) is 6.06. The van der Waals surface area contributed by atoms with Gasteiger partial charge < -0.3 is 9.64 Å². The SMILES string of the molecule is COc1cc2c(cc1Br)N(Cc1ccccc1)C(=O)C2(C)CBr. The van der Waals surface area contributed by atoms with Gasteiger partial charge in [0.15, 0.2) is 0 Å². The highest BCUT2D eigenvalue weighted by Crippen LogP contribution is 2.47. The van der Waals surface area contributed by atoms with Crippen LogP contribution in [-0.2, 0) is 16.8 Å². The second kappa shape index (κ2) is 6.29. The third kappa shape index (κ3) is 2.70. The van der Waals surface area contributed by atoms with Gasteiger partial charge in [-0.1, -0.05) is 46.3 Å². The Balaban J connectivity index is 2.10. The molecule has 1 heterocycles. The Hall–Kier alpha value is -1.33. The number of carbonyl (C=O) groups is 1. The van der Waals surface area contributed by atoms with Crippen LogP contribution in [0, 0.1) is 0 Å². The summed E-state index contributed by atoms with van der Waals surface area (Å²) in [5.74, 6) is 0.846. The maximum absolute atomic E-state index is 13.1. The van der Waals surface area contributed by atoms with Gasteiger partial charge in [0.25, 0.3) is 0 Å². The highest BCUT2D eigenvalue weighted by Gasteiger charge is 2.47. The maximum Gasteiger partial charge on any atom is 0.238 e. The predicted molar refractivity (Wildman–Crippen MR) is 99.5 cm³/mol. The molecule has 2 aromatic carbocycles. The van der Waals surface area contributed by atoms with Crippen LogP contribution in [0.25, 0.3) is 0 Å². The van der Waals surface area contributed by atoms with E-state index in [1.54, 1.807) is 7.11 Å². The lowest BCUT2D eigenvalue weighted by Gasteiger charge is -2.22. The molecule has 0 fully saturated rings. The van der Waals surface area contributed by atoms with Crippen molar-refractivity contribution in [3.8, 4) is 5.75 Å². The molecule has 0 radical (unpaired) electrons. The van der Waals surface area contributed by atoms with Crippen molar-refractivity contribution in [3.05, 3.63) is 58.1 Å². The molecule has 5 heteroatoms. The molecule has 0 saturated heterocycles. The van der Waals surface area contributed by atoms with Gasteiger partial charge in [-0.25, -0.2) is 0 Å². The maximum atomic E-state index is 13.1. The van der Waals surface area contributed by atoms with Crippen LogP contribution in [0.5, 0.6) is 5.75 Å². The van der Waals surface area contributed by atoms with Crippen LogP contribution in [0.2, 0.25) is 0 Å². The van der Waals surface area contributed by atoms with E-state index < -0.39 is 5.41 Å². The van der Waals surface area contributed by atoms with Crippen molar-refractivity contribution in [2.75, 3.05) is 17.3 Å². The fraction of sp³-hybridized carbons (Fsp3) is 0.278. The minimum absolute atomic E-state index is 0.105. The summed E-state index contributed by atoms with van der Waals surface area (Å²) in [6.07, 6.45) is 0. The van der Waals surface area contributed by atoms with Crippen molar-refractivity contribution in [2.24, 2.45) is 0 Å². The standard InChI is InChI=1S/C18H17Br2NO2/c1-18(11-19)13-8-16(23-2)14(20)9-15(13)21(17(18)22)10-12-6-4-3-5-7-12/h3-9H,10-11H2,1-2H3. The fourth-order valence-electron chi connectivity index (χ4n) is 2.94. The molecule has 1 amide bonds. The lowest BCUT2D eigenvalue weighted by molar-refractivity contribution is -0.122. The van der Waals surface area contributed by atoms with Crippen molar-refractivity contribution in [1.82, 2.24) is 0 Å². The van der Waals surface area contributed by atoms with Crippen molar-refractivity contribution in [1.29, 1.82) is 0 Å². The van der Waals surface area contributed by atoms with Crippen LogP contribution < -0.4 is 9.64 Å². The van der Waals surface area contributed by atoms with Crippen molar-refractivity contribution in [2.45, 2.75) is 18.9 Å². The van der Waals surface area contributed by atoms with E-state index in [0.29, 0.717) is 11.9 Å². The van der Waals surface area contributed by atoms with E-state index in [2.05, 4.69) is 31.9 Å². The molecule has 0 aliphatic carbocycles. The first-order valence-corrected chi connectivity index (χ1v) is 9.22. The lowest BCUT2D eigenvalue weighted by Crippen LogP contribution is -2.39. The molecule has 0 spiro atoms. The summed E-state index contributed by atoms with van der Waals surface area (Å²) in [5, 5.41) is 0.571. The van der Waals surface area contributed by atoms with Gasteiger partial charge in [0.05, 0.1) is 23.5 Å². The van der Waals surface area contributed by atoms with E-state index in [1.165, 1.54) is 0 Å². The van der Waals surface area contributed by atoms with Crippen molar-refractivity contribution < 1.29 is 9.53 Å². The number of carbonyl (C=O) groups excluding carboxylic acids is 1. The number of methoxy groups -OCH3 is 1. The smallest absolute Gasteiger partial charge is 0.238 e. The molecule has 3 nitrogen and oxygen atoms in total. The first-order chi connectivity index (χ1) is 11.0. The van der Waals surface area contributed by atoms with Gasteiger partial charge in [-0.2, -0.15) is 0 Å². The molecule has 3 rings (SSSR count). The zero-order valence-electron chi connectivity index (χ0n) is 13.0. The zero-order chi connectivity index (χ0) is 16.6. The van der Waals surface area contributed by atoms with Crippen LogP contribution in [0.4, 0.5) is 5.69 Å². The van der Waals surface area contributed by atoms with Gasteiger partial charge in [-0.3, -0.25) is 4.79 Å². The Labute approximate surface area is 152 Å². The van der Waals surface area contributed by atoms with Gasteiger partial charge in [-0.05, 0) is 46.1 Å². The van der Waals surface area contributed by atoms with E-state index in [-0.39, 0.29) is 5.91 Å². The Morgan fingerprint density at radius 2 is 1.91 bits per heavy atom. The van der Waals surface area contributed by atoms with Crippen molar-refractivity contribution in [3.63, 3.8) is 0 Å². The number of hydrogen-bond acceptors (Lipinski definition) is 2. The van der Waals surface area contributed by atoms with Gasteiger partial charge in [0, 0.05) is 11.0 Å².